The first-order valence-corrected chi connectivity index (χ1v) is 4.83. The Morgan fingerprint density at radius 1 is 1.09 bits per heavy atom. The summed E-state index contributed by atoms with van der Waals surface area (Å²) in [7, 11) is 0. The van der Waals surface area contributed by atoms with E-state index >= 15 is 0 Å². The van der Waals surface area contributed by atoms with Crippen LogP contribution in [0.5, 0.6) is 0 Å². The molecule has 0 heterocycles. The van der Waals surface area contributed by atoms with Crippen molar-refractivity contribution in [2.75, 3.05) is 0 Å². The summed E-state index contributed by atoms with van der Waals surface area (Å²) in [5.74, 6) is 2.11. The largest absolute Gasteiger partial charge is 0.0776 e. The van der Waals surface area contributed by atoms with E-state index in [0.717, 1.165) is 11.8 Å². The summed E-state index contributed by atoms with van der Waals surface area (Å²) in [6.45, 7) is 4.69. The third-order valence-corrected chi connectivity index (χ3v) is 2.83. The molecule has 1 fully saturated rings. The fourth-order valence-electron chi connectivity index (χ4n) is 2.03. The molecule has 0 bridgehead atoms. The molecule has 1 saturated carbocycles. The standard InChI is InChI=1S/C10H20.CH4/c1-3-4-10-7-5-9(2)6-8-10;/h9-10H,3-8H2,1-2H3;1H4. The maximum atomic E-state index is 2.39. The number of rotatable bonds is 2. The van der Waals surface area contributed by atoms with Crippen LogP contribution < -0.4 is 0 Å². The van der Waals surface area contributed by atoms with Gasteiger partial charge in [0.25, 0.3) is 0 Å². The lowest BCUT2D eigenvalue weighted by molar-refractivity contribution is 0.276. The lowest BCUT2D eigenvalue weighted by Gasteiger charge is -2.25. The van der Waals surface area contributed by atoms with Crippen LogP contribution in [0.25, 0.3) is 0 Å². The average molecular weight is 156 g/mol. The molecule has 0 spiro atoms. The summed E-state index contributed by atoms with van der Waals surface area (Å²) in [6.07, 6.45) is 8.87. The molecule has 0 nitrogen and oxygen atoms in total. The minimum Gasteiger partial charge on any atom is -0.0776 e. The molecular formula is C11H24. The van der Waals surface area contributed by atoms with Crippen molar-refractivity contribution in [3.63, 3.8) is 0 Å². The van der Waals surface area contributed by atoms with Crippen LogP contribution in [0.4, 0.5) is 0 Å². The Labute approximate surface area is 72.4 Å². The average Bonchev–Trinajstić information content (AvgIpc) is 1.95. The number of hydrogen-bond acceptors (Lipinski definition) is 0. The van der Waals surface area contributed by atoms with Crippen LogP contribution >= 0.6 is 0 Å². The Hall–Kier alpha value is 0. The molecule has 1 aliphatic rings. The molecule has 11 heavy (non-hydrogen) atoms. The second-order valence-corrected chi connectivity index (χ2v) is 3.91. The van der Waals surface area contributed by atoms with E-state index in [4.69, 9.17) is 0 Å². The Balaban J connectivity index is 0.000001000. The molecule has 0 aromatic carbocycles. The van der Waals surface area contributed by atoms with Gasteiger partial charge in [0.2, 0.25) is 0 Å². The van der Waals surface area contributed by atoms with E-state index in [1.165, 1.54) is 38.5 Å². The zero-order chi connectivity index (χ0) is 7.40. The van der Waals surface area contributed by atoms with Crippen LogP contribution in [0.3, 0.4) is 0 Å². The van der Waals surface area contributed by atoms with Crippen molar-refractivity contribution in [2.45, 2.75) is 59.8 Å². The Kier molecular flexibility index (Phi) is 5.62. The quantitative estimate of drug-likeness (QED) is 0.560. The van der Waals surface area contributed by atoms with Crippen molar-refractivity contribution in [1.82, 2.24) is 0 Å². The first kappa shape index (κ1) is 11.0. The van der Waals surface area contributed by atoms with Gasteiger partial charge < -0.3 is 0 Å². The zero-order valence-corrected chi connectivity index (χ0v) is 7.40. The van der Waals surface area contributed by atoms with Gasteiger partial charge in [0.05, 0.1) is 0 Å². The van der Waals surface area contributed by atoms with Gasteiger partial charge in [-0.3, -0.25) is 0 Å². The molecule has 0 heteroatoms. The monoisotopic (exact) mass is 156 g/mol. The topological polar surface area (TPSA) is 0 Å². The molecule has 0 aromatic rings. The molecule has 0 unspecified atom stereocenters. The van der Waals surface area contributed by atoms with E-state index in [0.29, 0.717) is 0 Å². The second kappa shape index (κ2) is 5.62. The highest BCUT2D eigenvalue weighted by Gasteiger charge is 2.16. The first-order valence-electron chi connectivity index (χ1n) is 4.83. The van der Waals surface area contributed by atoms with Crippen LogP contribution in [0, 0.1) is 11.8 Å². The lowest BCUT2D eigenvalue weighted by atomic mass is 9.81. The van der Waals surface area contributed by atoms with Gasteiger partial charge in [-0.2, -0.15) is 0 Å². The third-order valence-electron chi connectivity index (χ3n) is 2.83. The number of hydrogen-bond donors (Lipinski definition) is 0. The van der Waals surface area contributed by atoms with Crippen LogP contribution in [0.2, 0.25) is 0 Å². The Morgan fingerprint density at radius 3 is 2.09 bits per heavy atom. The predicted octanol–water partition coefficient (Wildman–Crippen LogP) is 4.25. The van der Waals surface area contributed by atoms with Crippen molar-refractivity contribution in [1.29, 1.82) is 0 Å². The lowest BCUT2D eigenvalue weighted by Crippen LogP contribution is -2.11. The predicted molar refractivity (Wildman–Crippen MR) is 52.8 cm³/mol. The van der Waals surface area contributed by atoms with Crippen LogP contribution in [0.15, 0.2) is 0 Å². The summed E-state index contributed by atoms with van der Waals surface area (Å²) in [5.41, 5.74) is 0. The summed E-state index contributed by atoms with van der Waals surface area (Å²) in [4.78, 5) is 0. The molecular weight excluding hydrogens is 132 g/mol. The van der Waals surface area contributed by atoms with Crippen molar-refractivity contribution in [2.24, 2.45) is 11.8 Å². The molecule has 0 saturated heterocycles. The molecule has 1 rings (SSSR count). The van der Waals surface area contributed by atoms with Gasteiger partial charge in [-0.25, -0.2) is 0 Å². The summed E-state index contributed by atoms with van der Waals surface area (Å²) >= 11 is 0. The van der Waals surface area contributed by atoms with Crippen molar-refractivity contribution in [3.05, 3.63) is 0 Å². The molecule has 0 radical (unpaired) electrons. The summed E-state index contributed by atoms with van der Waals surface area (Å²) in [6, 6.07) is 0. The first-order chi connectivity index (χ1) is 4.83. The van der Waals surface area contributed by atoms with E-state index in [2.05, 4.69) is 13.8 Å². The molecule has 0 aliphatic heterocycles. The van der Waals surface area contributed by atoms with Crippen LogP contribution in [-0.4, -0.2) is 0 Å². The fourth-order valence-corrected chi connectivity index (χ4v) is 2.03. The summed E-state index contributed by atoms with van der Waals surface area (Å²) in [5, 5.41) is 0. The molecule has 0 atom stereocenters. The van der Waals surface area contributed by atoms with E-state index in [-0.39, 0.29) is 7.43 Å². The Morgan fingerprint density at radius 2 is 1.64 bits per heavy atom. The highest BCUT2D eigenvalue weighted by molar-refractivity contribution is 4.69. The highest BCUT2D eigenvalue weighted by Crippen LogP contribution is 2.30. The van der Waals surface area contributed by atoms with Gasteiger partial charge >= 0.3 is 0 Å². The highest BCUT2D eigenvalue weighted by atomic mass is 14.2. The van der Waals surface area contributed by atoms with E-state index in [9.17, 15) is 0 Å². The smallest absolute Gasteiger partial charge is 0.0414 e. The van der Waals surface area contributed by atoms with E-state index in [1.807, 2.05) is 0 Å². The van der Waals surface area contributed by atoms with Gasteiger partial charge in [0, 0.05) is 0 Å². The fraction of sp³-hybridized carbons (Fsp3) is 1.00. The normalized spacial score (nSPS) is 31.1. The minimum atomic E-state index is 0. The third kappa shape index (κ3) is 3.79. The molecule has 68 valence electrons. The molecule has 0 N–H and O–H groups in total. The Bertz CT molecular complexity index is 78.0. The maximum Gasteiger partial charge on any atom is -0.0414 e. The van der Waals surface area contributed by atoms with Gasteiger partial charge in [0.15, 0.2) is 0 Å². The van der Waals surface area contributed by atoms with Gasteiger partial charge in [-0.15, -0.1) is 0 Å². The summed E-state index contributed by atoms with van der Waals surface area (Å²) < 4.78 is 0. The molecule has 0 aromatic heterocycles. The van der Waals surface area contributed by atoms with E-state index < -0.39 is 0 Å². The van der Waals surface area contributed by atoms with Crippen molar-refractivity contribution in [3.8, 4) is 0 Å². The second-order valence-electron chi connectivity index (χ2n) is 3.91. The SMILES string of the molecule is C.CCCC1CCC(C)CC1. The van der Waals surface area contributed by atoms with Crippen molar-refractivity contribution >= 4 is 0 Å². The van der Waals surface area contributed by atoms with E-state index in [1.54, 1.807) is 0 Å². The van der Waals surface area contributed by atoms with Crippen molar-refractivity contribution < 1.29 is 0 Å². The minimum absolute atomic E-state index is 0. The van der Waals surface area contributed by atoms with Gasteiger partial charge in [0.1, 0.15) is 0 Å². The van der Waals surface area contributed by atoms with Crippen LogP contribution in [0.1, 0.15) is 59.8 Å². The maximum absolute atomic E-state index is 2.39. The van der Waals surface area contributed by atoms with Gasteiger partial charge in [-0.05, 0) is 11.8 Å². The molecule has 0 amide bonds. The molecule has 1 aliphatic carbocycles. The van der Waals surface area contributed by atoms with Gasteiger partial charge in [-0.1, -0.05) is 59.8 Å². The zero-order valence-electron chi connectivity index (χ0n) is 7.40. The van der Waals surface area contributed by atoms with Crippen LogP contribution in [-0.2, 0) is 0 Å².